The number of unbranched alkanes of at least 4 members (excludes halogenated alkanes) is 2. The lowest BCUT2D eigenvalue weighted by Gasteiger charge is -2.24. The largest absolute Gasteiger partial charge is 0.494 e. The number of ether oxygens (including phenoxy) is 3. The van der Waals surface area contributed by atoms with Crippen molar-refractivity contribution in [2.75, 3.05) is 20.8 Å². The van der Waals surface area contributed by atoms with Crippen LogP contribution in [0, 0.1) is 0 Å². The van der Waals surface area contributed by atoms with Crippen molar-refractivity contribution in [3.05, 3.63) is 96.2 Å². The fourth-order valence-corrected chi connectivity index (χ4v) is 5.33. The molecule has 0 amide bonds. The zero-order valence-electron chi connectivity index (χ0n) is 21.9. The van der Waals surface area contributed by atoms with Gasteiger partial charge in [-0.3, -0.25) is 9.36 Å². The predicted octanol–water partition coefficient (Wildman–Crippen LogP) is 3.76. The number of carbonyl (C=O) groups excluding carboxylic acids is 2. The van der Waals surface area contributed by atoms with Crippen LogP contribution >= 0.6 is 11.3 Å². The maximum absolute atomic E-state index is 13.7. The summed E-state index contributed by atoms with van der Waals surface area (Å²) in [5.74, 6) is -0.261. The molecule has 3 aromatic rings. The minimum Gasteiger partial charge on any atom is -0.494 e. The van der Waals surface area contributed by atoms with Crippen LogP contribution in [0.15, 0.2) is 69.6 Å². The molecule has 0 aliphatic carbocycles. The molecule has 9 heteroatoms. The molecule has 2 aromatic carbocycles. The summed E-state index contributed by atoms with van der Waals surface area (Å²) in [6.45, 7) is 4.55. The van der Waals surface area contributed by atoms with Gasteiger partial charge in [0, 0.05) is 0 Å². The molecular weight excluding hydrogens is 504 g/mol. The topological polar surface area (TPSA) is 96.2 Å². The monoisotopic (exact) mass is 534 g/mol. The Bertz CT molecular complexity index is 1530. The molecular formula is C29H30N2O6S. The highest BCUT2D eigenvalue weighted by Gasteiger charge is 2.33. The van der Waals surface area contributed by atoms with Crippen molar-refractivity contribution in [1.29, 1.82) is 0 Å². The van der Waals surface area contributed by atoms with E-state index in [2.05, 4.69) is 11.9 Å². The number of hydrogen-bond donors (Lipinski definition) is 0. The third kappa shape index (κ3) is 5.62. The molecule has 0 fully saturated rings. The standard InChI is InChI=1S/C29H30N2O6S/c1-5-6-7-16-37-22-14-8-19(9-15-22)17-23-26(32)31-25(20-10-12-21(13-11-20)27(33)35-3)24(28(34)36-4)18(2)30-29(31)38-23/h8-15,17,25H,5-7,16H2,1-4H3. The molecule has 2 heterocycles. The van der Waals surface area contributed by atoms with Crippen LogP contribution in [-0.4, -0.2) is 37.3 Å². The summed E-state index contributed by atoms with van der Waals surface area (Å²) in [7, 11) is 2.60. The minimum atomic E-state index is -0.758. The average Bonchev–Trinajstić information content (AvgIpc) is 3.24. The molecule has 1 unspecified atom stereocenters. The van der Waals surface area contributed by atoms with Gasteiger partial charge in [0.1, 0.15) is 5.75 Å². The van der Waals surface area contributed by atoms with E-state index in [4.69, 9.17) is 14.2 Å². The number of methoxy groups -OCH3 is 2. The van der Waals surface area contributed by atoms with Crippen LogP contribution in [-0.2, 0) is 14.3 Å². The van der Waals surface area contributed by atoms with Crippen molar-refractivity contribution in [3.8, 4) is 5.75 Å². The number of benzene rings is 2. The second kappa shape index (κ2) is 12.0. The van der Waals surface area contributed by atoms with Crippen LogP contribution in [0.2, 0.25) is 0 Å². The Kier molecular flexibility index (Phi) is 8.58. The molecule has 8 nitrogen and oxygen atoms in total. The molecule has 1 aromatic heterocycles. The van der Waals surface area contributed by atoms with Crippen LogP contribution in [0.3, 0.4) is 0 Å². The number of hydrogen-bond acceptors (Lipinski definition) is 8. The normalized spacial score (nSPS) is 15.1. The van der Waals surface area contributed by atoms with Gasteiger partial charge >= 0.3 is 11.9 Å². The molecule has 1 aliphatic heterocycles. The second-order valence-electron chi connectivity index (χ2n) is 8.81. The van der Waals surface area contributed by atoms with Crippen LogP contribution in [0.25, 0.3) is 6.08 Å². The Morgan fingerprint density at radius 2 is 1.68 bits per heavy atom. The van der Waals surface area contributed by atoms with Gasteiger partial charge in [-0.1, -0.05) is 55.4 Å². The highest BCUT2D eigenvalue weighted by Crippen LogP contribution is 2.30. The number of carbonyl (C=O) groups is 2. The quantitative estimate of drug-likeness (QED) is 0.306. The summed E-state index contributed by atoms with van der Waals surface area (Å²) < 4.78 is 17.6. The third-order valence-electron chi connectivity index (χ3n) is 6.27. The van der Waals surface area contributed by atoms with Gasteiger partial charge in [0.05, 0.1) is 48.2 Å². The lowest BCUT2D eigenvalue weighted by Crippen LogP contribution is -2.39. The minimum absolute atomic E-state index is 0.266. The SMILES string of the molecule is CCCCCOc1ccc(C=c2sc3n(c2=O)C(c2ccc(C(=O)OC)cc2)C(C(=O)OC)=C(C)N=3)cc1. The molecule has 198 valence electrons. The second-order valence-corrected chi connectivity index (χ2v) is 9.82. The number of allylic oxidation sites excluding steroid dienone is 1. The van der Waals surface area contributed by atoms with E-state index in [1.54, 1.807) is 37.3 Å². The van der Waals surface area contributed by atoms with Crippen LogP contribution in [0.5, 0.6) is 5.75 Å². The summed E-state index contributed by atoms with van der Waals surface area (Å²) in [6, 6.07) is 13.4. The number of thiazole rings is 1. The number of esters is 2. The Morgan fingerprint density at radius 3 is 2.32 bits per heavy atom. The lowest BCUT2D eigenvalue weighted by atomic mass is 9.95. The number of nitrogens with zero attached hydrogens (tertiary/aromatic N) is 2. The van der Waals surface area contributed by atoms with Crippen molar-refractivity contribution < 1.29 is 23.8 Å². The third-order valence-corrected chi connectivity index (χ3v) is 7.25. The number of fused-ring (bicyclic) bond motifs is 1. The zero-order chi connectivity index (χ0) is 27.2. The molecule has 1 aliphatic rings. The first kappa shape index (κ1) is 27.1. The highest BCUT2D eigenvalue weighted by atomic mass is 32.1. The fraction of sp³-hybridized carbons (Fsp3) is 0.310. The average molecular weight is 535 g/mol. The van der Waals surface area contributed by atoms with Crippen LogP contribution < -0.4 is 19.6 Å². The van der Waals surface area contributed by atoms with E-state index in [1.807, 2.05) is 24.3 Å². The molecule has 0 N–H and O–H groups in total. The Balaban J connectivity index is 1.74. The van der Waals surface area contributed by atoms with E-state index in [-0.39, 0.29) is 11.1 Å². The maximum Gasteiger partial charge on any atom is 0.338 e. The van der Waals surface area contributed by atoms with Gasteiger partial charge in [0.15, 0.2) is 4.80 Å². The van der Waals surface area contributed by atoms with E-state index >= 15 is 0 Å². The van der Waals surface area contributed by atoms with Crippen molar-refractivity contribution in [2.24, 2.45) is 4.99 Å². The molecule has 4 rings (SSSR count). The maximum atomic E-state index is 13.7. The molecule has 38 heavy (non-hydrogen) atoms. The van der Waals surface area contributed by atoms with E-state index in [1.165, 1.54) is 30.1 Å². The summed E-state index contributed by atoms with van der Waals surface area (Å²) in [4.78, 5) is 43.4. The van der Waals surface area contributed by atoms with Gasteiger partial charge in [-0.2, -0.15) is 0 Å². The van der Waals surface area contributed by atoms with Crippen LogP contribution in [0.4, 0.5) is 0 Å². The van der Waals surface area contributed by atoms with Crippen LogP contribution in [0.1, 0.15) is 60.6 Å². The lowest BCUT2D eigenvalue weighted by molar-refractivity contribution is -0.136. The van der Waals surface area contributed by atoms with Gasteiger partial charge in [-0.15, -0.1) is 0 Å². The summed E-state index contributed by atoms with van der Waals surface area (Å²) >= 11 is 1.25. The molecule has 0 saturated carbocycles. The van der Waals surface area contributed by atoms with Gasteiger partial charge in [-0.25, -0.2) is 14.6 Å². The first-order chi connectivity index (χ1) is 18.4. The van der Waals surface area contributed by atoms with Crippen molar-refractivity contribution >= 4 is 29.4 Å². The Hall–Kier alpha value is -3.98. The molecule has 0 saturated heterocycles. The van der Waals surface area contributed by atoms with Gasteiger partial charge in [-0.05, 0) is 54.8 Å². The van der Waals surface area contributed by atoms with Gasteiger partial charge in [0.2, 0.25) is 0 Å². The summed E-state index contributed by atoms with van der Waals surface area (Å²) in [5, 5.41) is 0. The van der Waals surface area contributed by atoms with E-state index in [9.17, 15) is 14.4 Å². The Morgan fingerprint density at radius 1 is 1.00 bits per heavy atom. The van der Waals surface area contributed by atoms with E-state index < -0.39 is 18.0 Å². The molecule has 0 bridgehead atoms. The predicted molar refractivity (Wildman–Crippen MR) is 145 cm³/mol. The van der Waals surface area contributed by atoms with E-state index in [0.717, 1.165) is 30.6 Å². The van der Waals surface area contributed by atoms with Crippen molar-refractivity contribution in [3.63, 3.8) is 0 Å². The zero-order valence-corrected chi connectivity index (χ0v) is 22.7. The highest BCUT2D eigenvalue weighted by molar-refractivity contribution is 7.07. The molecule has 0 radical (unpaired) electrons. The number of rotatable bonds is 9. The summed E-state index contributed by atoms with van der Waals surface area (Å²) in [6.07, 6.45) is 5.09. The Labute approximate surface area is 224 Å². The summed E-state index contributed by atoms with van der Waals surface area (Å²) in [5.41, 5.74) is 2.31. The van der Waals surface area contributed by atoms with Crippen molar-refractivity contribution in [2.45, 2.75) is 39.2 Å². The molecule has 0 spiro atoms. The first-order valence-electron chi connectivity index (χ1n) is 12.4. The fourth-order valence-electron chi connectivity index (χ4n) is 4.28. The van der Waals surface area contributed by atoms with E-state index in [0.29, 0.717) is 32.8 Å². The van der Waals surface area contributed by atoms with Crippen molar-refractivity contribution in [1.82, 2.24) is 4.57 Å². The number of aromatic nitrogens is 1. The first-order valence-corrected chi connectivity index (χ1v) is 13.2. The molecule has 1 atom stereocenters. The van der Waals surface area contributed by atoms with Gasteiger partial charge in [0.25, 0.3) is 5.56 Å². The van der Waals surface area contributed by atoms with Gasteiger partial charge < -0.3 is 14.2 Å². The smallest absolute Gasteiger partial charge is 0.338 e.